The maximum absolute atomic E-state index is 10.5. The molecule has 0 aliphatic carbocycles. The third-order valence-electron chi connectivity index (χ3n) is 1.37. The van der Waals surface area contributed by atoms with E-state index in [2.05, 4.69) is 11.8 Å². The lowest BCUT2D eigenvalue weighted by atomic mass is 10.2. The second-order valence-electron chi connectivity index (χ2n) is 2.59. The topological polar surface area (TPSA) is 26.3 Å². The van der Waals surface area contributed by atoms with Gasteiger partial charge in [0.2, 0.25) is 0 Å². The van der Waals surface area contributed by atoms with E-state index in [1.54, 1.807) is 6.92 Å². The van der Waals surface area contributed by atoms with Gasteiger partial charge < -0.3 is 9.53 Å². The van der Waals surface area contributed by atoms with Crippen molar-refractivity contribution in [3.8, 4) is 11.8 Å². The summed E-state index contributed by atoms with van der Waals surface area (Å²) < 4.78 is 5.23. The van der Waals surface area contributed by atoms with E-state index >= 15 is 0 Å². The molecular weight excluding hydrogens is 152 g/mol. The van der Waals surface area contributed by atoms with Crippen LogP contribution in [0.15, 0.2) is 0 Å². The summed E-state index contributed by atoms with van der Waals surface area (Å²) in [7, 11) is 0. The van der Waals surface area contributed by atoms with E-state index in [0.29, 0.717) is 19.6 Å². The Hall–Kier alpha value is -0.810. The molecule has 0 rings (SSSR count). The fraction of sp³-hybridized carbons (Fsp3) is 0.700. The predicted molar refractivity (Wildman–Crippen MR) is 48.8 cm³/mol. The van der Waals surface area contributed by atoms with Crippen LogP contribution in [0.4, 0.5) is 0 Å². The van der Waals surface area contributed by atoms with Crippen molar-refractivity contribution in [3.05, 3.63) is 0 Å². The number of hydrogen-bond acceptors (Lipinski definition) is 2. The SMILES string of the molecule is CC#CCCOCCCC(C)=O. The van der Waals surface area contributed by atoms with Gasteiger partial charge in [0.25, 0.3) is 0 Å². The first-order chi connectivity index (χ1) is 5.77. The van der Waals surface area contributed by atoms with Gasteiger partial charge in [-0.05, 0) is 20.3 Å². The molecule has 0 amide bonds. The molecule has 0 spiro atoms. The molecule has 0 aliphatic heterocycles. The van der Waals surface area contributed by atoms with Gasteiger partial charge in [0.05, 0.1) is 6.61 Å². The number of ketones is 1. The number of Topliss-reactive ketones (excluding diaryl/α,β-unsaturated/α-hetero) is 1. The molecule has 0 aromatic carbocycles. The average Bonchev–Trinajstić information content (AvgIpc) is 2.02. The minimum atomic E-state index is 0.229. The van der Waals surface area contributed by atoms with Gasteiger partial charge in [-0.2, -0.15) is 0 Å². The van der Waals surface area contributed by atoms with Gasteiger partial charge in [-0.3, -0.25) is 0 Å². The molecule has 0 fully saturated rings. The summed E-state index contributed by atoms with van der Waals surface area (Å²) in [5.74, 6) is 5.93. The number of hydrogen-bond donors (Lipinski definition) is 0. The van der Waals surface area contributed by atoms with E-state index in [1.165, 1.54) is 0 Å². The van der Waals surface area contributed by atoms with Gasteiger partial charge >= 0.3 is 0 Å². The zero-order chi connectivity index (χ0) is 9.23. The van der Waals surface area contributed by atoms with Crippen LogP contribution in [0, 0.1) is 11.8 Å². The fourth-order valence-corrected chi connectivity index (χ4v) is 0.773. The van der Waals surface area contributed by atoms with Crippen molar-refractivity contribution >= 4 is 5.78 Å². The minimum Gasteiger partial charge on any atom is -0.380 e. The van der Waals surface area contributed by atoms with E-state index in [9.17, 15) is 4.79 Å². The van der Waals surface area contributed by atoms with Crippen LogP contribution < -0.4 is 0 Å². The highest BCUT2D eigenvalue weighted by Crippen LogP contribution is 1.91. The maximum Gasteiger partial charge on any atom is 0.129 e. The Labute approximate surface area is 74.3 Å². The Kier molecular flexibility index (Phi) is 7.73. The molecule has 2 nitrogen and oxygen atoms in total. The summed E-state index contributed by atoms with van der Waals surface area (Å²) in [5, 5.41) is 0. The van der Waals surface area contributed by atoms with E-state index in [1.807, 2.05) is 6.92 Å². The first kappa shape index (κ1) is 11.2. The third kappa shape index (κ3) is 9.19. The van der Waals surface area contributed by atoms with Crippen LogP contribution in [0.3, 0.4) is 0 Å². The highest BCUT2D eigenvalue weighted by molar-refractivity contribution is 5.75. The second kappa shape index (κ2) is 8.29. The van der Waals surface area contributed by atoms with Crippen molar-refractivity contribution in [1.29, 1.82) is 0 Å². The van der Waals surface area contributed by atoms with Crippen molar-refractivity contribution in [3.63, 3.8) is 0 Å². The molecule has 0 radical (unpaired) electrons. The van der Waals surface area contributed by atoms with E-state index in [-0.39, 0.29) is 5.78 Å². The lowest BCUT2D eigenvalue weighted by Crippen LogP contribution is -1.98. The molecule has 0 N–H and O–H groups in total. The normalized spacial score (nSPS) is 8.83. The number of carbonyl (C=O) groups excluding carboxylic acids is 1. The molecule has 0 unspecified atom stereocenters. The lowest BCUT2D eigenvalue weighted by molar-refractivity contribution is -0.117. The Morgan fingerprint density at radius 2 is 2.17 bits per heavy atom. The smallest absolute Gasteiger partial charge is 0.129 e. The maximum atomic E-state index is 10.5. The highest BCUT2D eigenvalue weighted by Gasteiger charge is 1.92. The lowest BCUT2D eigenvalue weighted by Gasteiger charge is -1.99. The molecule has 12 heavy (non-hydrogen) atoms. The van der Waals surface area contributed by atoms with Crippen molar-refractivity contribution in [2.24, 2.45) is 0 Å². The standard InChI is InChI=1S/C10H16O2/c1-3-4-5-8-12-9-6-7-10(2)11/h5-9H2,1-2H3. The summed E-state index contributed by atoms with van der Waals surface area (Å²) in [6.07, 6.45) is 2.24. The monoisotopic (exact) mass is 168 g/mol. The molecule has 0 saturated heterocycles. The molecule has 68 valence electrons. The first-order valence-electron chi connectivity index (χ1n) is 4.24. The number of rotatable bonds is 6. The van der Waals surface area contributed by atoms with Gasteiger partial charge in [0.15, 0.2) is 0 Å². The first-order valence-corrected chi connectivity index (χ1v) is 4.24. The van der Waals surface area contributed by atoms with E-state index in [0.717, 1.165) is 12.8 Å². The van der Waals surface area contributed by atoms with Crippen LogP contribution in [0.2, 0.25) is 0 Å². The molecule has 0 aromatic rings. The van der Waals surface area contributed by atoms with Crippen LogP contribution in [0.25, 0.3) is 0 Å². The Bertz CT molecular complexity index is 174. The summed E-state index contributed by atoms with van der Waals surface area (Å²) in [5.41, 5.74) is 0. The van der Waals surface area contributed by atoms with Crippen molar-refractivity contribution in [2.45, 2.75) is 33.1 Å². The van der Waals surface area contributed by atoms with Gasteiger partial charge in [-0.25, -0.2) is 0 Å². The van der Waals surface area contributed by atoms with E-state index in [4.69, 9.17) is 4.74 Å². The molecule has 0 saturated carbocycles. The quantitative estimate of drug-likeness (QED) is 0.446. The van der Waals surface area contributed by atoms with Gasteiger partial charge in [-0.15, -0.1) is 11.8 Å². The van der Waals surface area contributed by atoms with E-state index < -0.39 is 0 Å². The Morgan fingerprint density at radius 1 is 1.42 bits per heavy atom. The third-order valence-corrected chi connectivity index (χ3v) is 1.37. The van der Waals surface area contributed by atoms with Gasteiger partial charge in [-0.1, -0.05) is 0 Å². The summed E-state index contributed by atoms with van der Waals surface area (Å²) in [4.78, 5) is 10.5. The molecule has 0 aromatic heterocycles. The molecule has 0 aliphatic rings. The minimum absolute atomic E-state index is 0.229. The van der Waals surface area contributed by atoms with Crippen molar-refractivity contribution in [1.82, 2.24) is 0 Å². The largest absolute Gasteiger partial charge is 0.380 e. The predicted octanol–water partition coefficient (Wildman–Crippen LogP) is 1.79. The summed E-state index contributed by atoms with van der Waals surface area (Å²) >= 11 is 0. The molecule has 0 heterocycles. The molecular formula is C10H16O2. The van der Waals surface area contributed by atoms with Crippen molar-refractivity contribution in [2.75, 3.05) is 13.2 Å². The zero-order valence-corrected chi connectivity index (χ0v) is 7.85. The second-order valence-corrected chi connectivity index (χ2v) is 2.59. The average molecular weight is 168 g/mol. The van der Waals surface area contributed by atoms with Crippen LogP contribution in [-0.2, 0) is 9.53 Å². The number of carbonyl (C=O) groups is 1. The van der Waals surface area contributed by atoms with Crippen molar-refractivity contribution < 1.29 is 9.53 Å². The zero-order valence-electron chi connectivity index (χ0n) is 7.85. The number of ether oxygens (including phenoxy) is 1. The Morgan fingerprint density at radius 3 is 2.75 bits per heavy atom. The molecule has 0 atom stereocenters. The van der Waals surface area contributed by atoms with Crippen LogP contribution in [-0.4, -0.2) is 19.0 Å². The molecule has 0 bridgehead atoms. The van der Waals surface area contributed by atoms with Crippen LogP contribution in [0.1, 0.15) is 33.1 Å². The van der Waals surface area contributed by atoms with Gasteiger partial charge in [0, 0.05) is 19.4 Å². The summed E-state index contributed by atoms with van der Waals surface area (Å²) in [6, 6.07) is 0. The highest BCUT2D eigenvalue weighted by atomic mass is 16.5. The van der Waals surface area contributed by atoms with Gasteiger partial charge in [0.1, 0.15) is 5.78 Å². The fourth-order valence-electron chi connectivity index (χ4n) is 0.773. The Balaban J connectivity index is 2.99. The van der Waals surface area contributed by atoms with Crippen LogP contribution >= 0.6 is 0 Å². The molecule has 2 heteroatoms. The summed E-state index contributed by atoms with van der Waals surface area (Å²) in [6.45, 7) is 4.77. The van der Waals surface area contributed by atoms with Crippen LogP contribution in [0.5, 0.6) is 0 Å².